The molecule has 2 aromatic rings. The van der Waals surface area contributed by atoms with Crippen molar-refractivity contribution in [3.8, 4) is 0 Å². The summed E-state index contributed by atoms with van der Waals surface area (Å²) in [7, 11) is 0. The Balaban J connectivity index is 1.89. The number of carbonyl (C=O) groups is 2. The van der Waals surface area contributed by atoms with Gasteiger partial charge in [-0.1, -0.05) is 49.9 Å². The molecule has 0 bridgehead atoms. The Morgan fingerprint density at radius 2 is 1.75 bits per heavy atom. The maximum absolute atomic E-state index is 12.3. The van der Waals surface area contributed by atoms with E-state index < -0.39 is 0 Å². The number of benzene rings is 2. The third-order valence-corrected chi connectivity index (χ3v) is 5.11. The normalized spacial score (nSPS) is 10.4. The smallest absolute Gasteiger partial charge is 0.338 e. The van der Waals surface area contributed by atoms with E-state index in [-0.39, 0.29) is 12.0 Å². The molecule has 5 nitrogen and oxygen atoms in total. The van der Waals surface area contributed by atoms with Crippen molar-refractivity contribution in [1.82, 2.24) is 4.72 Å². The number of anilines is 1. The van der Waals surface area contributed by atoms with Crippen molar-refractivity contribution in [3.05, 3.63) is 59.2 Å². The second-order valence-electron chi connectivity index (χ2n) is 6.65. The number of amides is 2. The summed E-state index contributed by atoms with van der Waals surface area (Å²) in [5, 5.41) is 2.79. The number of ether oxygens (including phenoxy) is 1. The first-order chi connectivity index (χ1) is 13.5. The maximum Gasteiger partial charge on any atom is 0.338 e. The lowest BCUT2D eigenvalue weighted by Crippen LogP contribution is -2.23. The lowest BCUT2D eigenvalue weighted by molar-refractivity contribution is 0.0497. The molecule has 2 rings (SSSR count). The van der Waals surface area contributed by atoms with Crippen molar-refractivity contribution in [2.75, 3.05) is 11.9 Å². The molecule has 6 heteroatoms. The van der Waals surface area contributed by atoms with Crippen LogP contribution in [0.15, 0.2) is 47.4 Å². The third-order valence-electron chi connectivity index (χ3n) is 4.32. The molecule has 2 aromatic carbocycles. The predicted molar refractivity (Wildman–Crippen MR) is 115 cm³/mol. The Morgan fingerprint density at radius 1 is 1.00 bits per heavy atom. The Kier molecular flexibility index (Phi) is 8.88. The monoisotopic (exact) mass is 400 g/mol. The minimum absolute atomic E-state index is 0.348. The van der Waals surface area contributed by atoms with Crippen molar-refractivity contribution in [1.29, 1.82) is 0 Å². The van der Waals surface area contributed by atoms with Gasteiger partial charge < -0.3 is 10.1 Å². The molecule has 0 aliphatic heterocycles. The highest BCUT2D eigenvalue weighted by atomic mass is 32.2. The van der Waals surface area contributed by atoms with E-state index in [2.05, 4.69) is 17.0 Å². The number of nitrogens with one attached hydrogen (secondary N) is 2. The average molecular weight is 401 g/mol. The van der Waals surface area contributed by atoms with Gasteiger partial charge in [0.15, 0.2) is 0 Å². The van der Waals surface area contributed by atoms with E-state index in [1.54, 1.807) is 25.1 Å². The van der Waals surface area contributed by atoms with Gasteiger partial charge in [0.2, 0.25) is 0 Å². The molecule has 0 heterocycles. The number of rotatable bonds is 9. The number of unbranched alkanes of at least 4 members (excludes halogenated alkanes) is 3. The number of aryl methyl sites for hydroxylation is 1. The Hall–Kier alpha value is -2.47. The lowest BCUT2D eigenvalue weighted by Gasteiger charge is -2.13. The van der Waals surface area contributed by atoms with Gasteiger partial charge in [-0.05, 0) is 62.0 Å². The third kappa shape index (κ3) is 6.93. The molecule has 0 aliphatic carbocycles. The summed E-state index contributed by atoms with van der Waals surface area (Å²) in [6.45, 7) is 6.38. The molecular formula is C22H28N2O3S. The number of hydrogen-bond acceptors (Lipinski definition) is 4. The molecule has 0 radical (unpaired) electrons. The molecule has 2 amide bonds. The molecule has 0 fully saturated rings. The summed E-state index contributed by atoms with van der Waals surface area (Å²) in [5.74, 6) is -0.355. The summed E-state index contributed by atoms with van der Waals surface area (Å²) >= 11 is 1.24. The number of carbonyl (C=O) groups excluding carboxylic acids is 2. The van der Waals surface area contributed by atoms with E-state index in [9.17, 15) is 9.59 Å². The molecule has 0 unspecified atom stereocenters. The lowest BCUT2D eigenvalue weighted by atomic mass is 10.1. The first kappa shape index (κ1) is 21.8. The fourth-order valence-electron chi connectivity index (χ4n) is 2.62. The largest absolute Gasteiger partial charge is 0.462 e. The van der Waals surface area contributed by atoms with E-state index in [1.807, 2.05) is 31.2 Å². The predicted octanol–water partition coefficient (Wildman–Crippen LogP) is 5.87. The van der Waals surface area contributed by atoms with Gasteiger partial charge in [-0.15, -0.1) is 0 Å². The Bertz CT molecular complexity index is 791. The van der Waals surface area contributed by atoms with Gasteiger partial charge in [-0.2, -0.15) is 0 Å². The van der Waals surface area contributed by atoms with Gasteiger partial charge in [-0.25, -0.2) is 9.59 Å². The minimum atomic E-state index is -0.355. The molecule has 0 saturated heterocycles. The number of hydrogen-bond donors (Lipinski definition) is 2. The van der Waals surface area contributed by atoms with E-state index in [0.717, 1.165) is 30.6 Å². The van der Waals surface area contributed by atoms with Crippen molar-refractivity contribution in [2.45, 2.75) is 51.3 Å². The van der Waals surface area contributed by atoms with Crippen LogP contribution < -0.4 is 10.0 Å². The molecule has 28 heavy (non-hydrogen) atoms. The molecular weight excluding hydrogens is 372 g/mol. The zero-order chi connectivity index (χ0) is 20.4. The molecule has 0 aliphatic rings. The highest BCUT2D eigenvalue weighted by Crippen LogP contribution is 2.21. The zero-order valence-corrected chi connectivity index (χ0v) is 17.5. The minimum Gasteiger partial charge on any atom is -0.462 e. The highest BCUT2D eigenvalue weighted by molar-refractivity contribution is 7.98. The van der Waals surface area contributed by atoms with Crippen LogP contribution in [0.2, 0.25) is 0 Å². The van der Waals surface area contributed by atoms with Crippen molar-refractivity contribution in [2.24, 2.45) is 0 Å². The second kappa shape index (κ2) is 11.4. The van der Waals surface area contributed by atoms with Crippen LogP contribution in [0.5, 0.6) is 0 Å². The number of esters is 1. The molecule has 0 atom stereocenters. The van der Waals surface area contributed by atoms with Crippen molar-refractivity contribution in [3.63, 3.8) is 0 Å². The van der Waals surface area contributed by atoms with Crippen LogP contribution in [-0.2, 0) is 4.74 Å². The molecule has 0 saturated carbocycles. The highest BCUT2D eigenvalue weighted by Gasteiger charge is 2.14. The first-order valence-corrected chi connectivity index (χ1v) is 10.4. The molecule has 0 spiro atoms. The summed E-state index contributed by atoms with van der Waals surface area (Å²) in [5.41, 5.74) is 2.91. The SMILES string of the molecule is CCCCCCOC(=O)c1cccc(NC(=O)NSc2ccc(C)cc2)c1C. The zero-order valence-electron chi connectivity index (χ0n) is 16.7. The van der Waals surface area contributed by atoms with Gasteiger partial charge in [-0.3, -0.25) is 4.72 Å². The summed E-state index contributed by atoms with van der Waals surface area (Å²) in [6, 6.07) is 12.7. The quantitative estimate of drug-likeness (QED) is 0.314. The summed E-state index contributed by atoms with van der Waals surface area (Å²) < 4.78 is 8.11. The Labute approximate surface area is 171 Å². The van der Waals surface area contributed by atoms with Crippen LogP contribution in [0.3, 0.4) is 0 Å². The summed E-state index contributed by atoms with van der Waals surface area (Å²) in [6.07, 6.45) is 4.22. The summed E-state index contributed by atoms with van der Waals surface area (Å²) in [4.78, 5) is 25.5. The van der Waals surface area contributed by atoms with E-state index >= 15 is 0 Å². The van der Waals surface area contributed by atoms with Crippen LogP contribution in [-0.4, -0.2) is 18.6 Å². The van der Waals surface area contributed by atoms with Gasteiger partial charge in [0.25, 0.3) is 0 Å². The standard InChI is InChI=1S/C22H28N2O3S/c1-4-5-6-7-15-27-21(25)19-9-8-10-20(17(19)3)23-22(26)24-28-18-13-11-16(2)12-14-18/h8-14H,4-7,15H2,1-3H3,(H2,23,24,26). The van der Waals surface area contributed by atoms with E-state index in [4.69, 9.17) is 4.74 Å². The van der Waals surface area contributed by atoms with Gasteiger partial charge in [0.1, 0.15) is 0 Å². The van der Waals surface area contributed by atoms with Crippen LogP contribution in [0.4, 0.5) is 10.5 Å². The van der Waals surface area contributed by atoms with Crippen LogP contribution in [0.1, 0.15) is 54.1 Å². The van der Waals surface area contributed by atoms with Gasteiger partial charge in [0, 0.05) is 10.6 Å². The van der Waals surface area contributed by atoms with Crippen molar-refractivity contribution < 1.29 is 14.3 Å². The molecule has 0 aromatic heterocycles. The van der Waals surface area contributed by atoms with Gasteiger partial charge >= 0.3 is 12.0 Å². The second-order valence-corrected chi connectivity index (χ2v) is 7.53. The van der Waals surface area contributed by atoms with Crippen LogP contribution in [0.25, 0.3) is 0 Å². The fraction of sp³-hybridized carbons (Fsp3) is 0.364. The first-order valence-electron chi connectivity index (χ1n) is 9.58. The van der Waals surface area contributed by atoms with E-state index in [1.165, 1.54) is 17.5 Å². The average Bonchev–Trinajstić information content (AvgIpc) is 2.69. The Morgan fingerprint density at radius 3 is 2.46 bits per heavy atom. The van der Waals surface area contributed by atoms with E-state index in [0.29, 0.717) is 23.4 Å². The van der Waals surface area contributed by atoms with Crippen LogP contribution >= 0.6 is 11.9 Å². The maximum atomic E-state index is 12.3. The van der Waals surface area contributed by atoms with Crippen LogP contribution in [0, 0.1) is 13.8 Å². The molecule has 150 valence electrons. The topological polar surface area (TPSA) is 67.4 Å². The van der Waals surface area contributed by atoms with Crippen molar-refractivity contribution >= 4 is 29.6 Å². The number of urea groups is 1. The molecule has 2 N–H and O–H groups in total. The van der Waals surface area contributed by atoms with Gasteiger partial charge in [0.05, 0.1) is 12.2 Å². The fourth-order valence-corrected chi connectivity index (χ4v) is 3.16.